The topological polar surface area (TPSA) is 28.7 Å². The van der Waals surface area contributed by atoms with Crippen molar-refractivity contribution in [1.82, 2.24) is 9.97 Å². The summed E-state index contributed by atoms with van der Waals surface area (Å²) in [6.45, 7) is 2.13. The van der Waals surface area contributed by atoms with Gasteiger partial charge in [-0.25, -0.2) is 4.98 Å². The minimum absolute atomic E-state index is 0.632. The lowest BCUT2D eigenvalue weighted by Crippen LogP contribution is -1.92. The van der Waals surface area contributed by atoms with Crippen molar-refractivity contribution in [1.29, 1.82) is 0 Å². The molecule has 0 aliphatic carbocycles. The summed E-state index contributed by atoms with van der Waals surface area (Å²) >= 11 is 8.36. The molecule has 11 heavy (non-hydrogen) atoms. The SMILES string of the molecule is CCCc1[nH]cnc(=S)c1Br. The van der Waals surface area contributed by atoms with E-state index in [1.807, 2.05) is 0 Å². The van der Waals surface area contributed by atoms with Crippen molar-refractivity contribution in [3.63, 3.8) is 0 Å². The third-order valence-corrected chi connectivity index (χ3v) is 2.80. The highest BCUT2D eigenvalue weighted by Gasteiger charge is 1.99. The minimum Gasteiger partial charge on any atom is -0.349 e. The molecular formula is C7H9BrN2S. The van der Waals surface area contributed by atoms with Gasteiger partial charge in [0.2, 0.25) is 0 Å². The molecule has 60 valence electrons. The Morgan fingerprint density at radius 3 is 3.09 bits per heavy atom. The first-order chi connectivity index (χ1) is 5.25. The average molecular weight is 233 g/mol. The number of aryl methyl sites for hydroxylation is 1. The third-order valence-electron chi connectivity index (χ3n) is 1.37. The Balaban J connectivity index is 3.06. The lowest BCUT2D eigenvalue weighted by atomic mass is 10.2. The maximum absolute atomic E-state index is 4.98. The molecule has 1 rings (SSSR count). The van der Waals surface area contributed by atoms with Gasteiger partial charge in [-0.15, -0.1) is 0 Å². The van der Waals surface area contributed by atoms with Gasteiger partial charge in [0.25, 0.3) is 0 Å². The normalized spacial score (nSPS) is 10.0. The van der Waals surface area contributed by atoms with E-state index in [0.29, 0.717) is 4.64 Å². The number of aromatic amines is 1. The van der Waals surface area contributed by atoms with Crippen LogP contribution in [0.4, 0.5) is 0 Å². The van der Waals surface area contributed by atoms with Crippen molar-refractivity contribution in [2.24, 2.45) is 0 Å². The first-order valence-electron chi connectivity index (χ1n) is 3.47. The number of halogens is 1. The van der Waals surface area contributed by atoms with E-state index in [1.54, 1.807) is 6.33 Å². The number of hydrogen-bond donors (Lipinski definition) is 1. The number of hydrogen-bond acceptors (Lipinski definition) is 2. The van der Waals surface area contributed by atoms with Crippen molar-refractivity contribution in [3.8, 4) is 0 Å². The van der Waals surface area contributed by atoms with Crippen LogP contribution in [0.25, 0.3) is 0 Å². The van der Waals surface area contributed by atoms with Gasteiger partial charge < -0.3 is 4.98 Å². The minimum atomic E-state index is 0.632. The van der Waals surface area contributed by atoms with Gasteiger partial charge >= 0.3 is 0 Å². The van der Waals surface area contributed by atoms with Gasteiger partial charge in [0.1, 0.15) is 4.64 Å². The zero-order valence-corrected chi connectivity index (χ0v) is 8.63. The molecule has 0 spiro atoms. The first-order valence-corrected chi connectivity index (χ1v) is 4.68. The summed E-state index contributed by atoms with van der Waals surface area (Å²) in [5, 5.41) is 0. The van der Waals surface area contributed by atoms with Gasteiger partial charge in [0, 0.05) is 5.69 Å². The fraction of sp³-hybridized carbons (Fsp3) is 0.429. The number of nitrogens with one attached hydrogen (secondary N) is 1. The molecule has 1 N–H and O–H groups in total. The second kappa shape index (κ2) is 3.97. The van der Waals surface area contributed by atoms with Crippen LogP contribution in [0.1, 0.15) is 19.0 Å². The molecule has 0 unspecified atom stereocenters. The molecule has 0 aliphatic heterocycles. The Bertz CT molecular complexity index is 295. The van der Waals surface area contributed by atoms with E-state index < -0.39 is 0 Å². The van der Waals surface area contributed by atoms with Crippen LogP contribution in [0.5, 0.6) is 0 Å². The summed E-state index contributed by atoms with van der Waals surface area (Å²) in [7, 11) is 0. The van der Waals surface area contributed by atoms with Crippen LogP contribution in [0, 0.1) is 4.64 Å². The molecule has 0 atom stereocenters. The highest BCUT2D eigenvalue weighted by atomic mass is 79.9. The van der Waals surface area contributed by atoms with E-state index in [1.165, 1.54) is 0 Å². The Morgan fingerprint density at radius 2 is 2.45 bits per heavy atom. The number of H-pyrrole nitrogens is 1. The van der Waals surface area contributed by atoms with Gasteiger partial charge in [-0.3, -0.25) is 0 Å². The molecular weight excluding hydrogens is 224 g/mol. The van der Waals surface area contributed by atoms with Crippen molar-refractivity contribution < 1.29 is 0 Å². The molecule has 0 saturated heterocycles. The summed E-state index contributed by atoms with van der Waals surface area (Å²) in [5.74, 6) is 0. The second-order valence-electron chi connectivity index (χ2n) is 2.25. The monoisotopic (exact) mass is 232 g/mol. The van der Waals surface area contributed by atoms with Crippen molar-refractivity contribution >= 4 is 28.1 Å². The Hall–Kier alpha value is -0.220. The van der Waals surface area contributed by atoms with E-state index >= 15 is 0 Å². The van der Waals surface area contributed by atoms with Gasteiger partial charge in [0.15, 0.2) is 0 Å². The van der Waals surface area contributed by atoms with E-state index in [0.717, 1.165) is 23.0 Å². The maximum Gasteiger partial charge on any atom is 0.143 e. The summed E-state index contributed by atoms with van der Waals surface area (Å²) in [5.41, 5.74) is 1.13. The molecule has 0 saturated carbocycles. The second-order valence-corrected chi connectivity index (χ2v) is 3.43. The van der Waals surface area contributed by atoms with Crippen molar-refractivity contribution in [2.45, 2.75) is 19.8 Å². The van der Waals surface area contributed by atoms with Gasteiger partial charge in [-0.1, -0.05) is 25.6 Å². The van der Waals surface area contributed by atoms with Crippen LogP contribution in [-0.2, 0) is 6.42 Å². The molecule has 0 amide bonds. The fourth-order valence-electron chi connectivity index (χ4n) is 0.850. The fourth-order valence-corrected chi connectivity index (χ4v) is 1.44. The molecule has 2 nitrogen and oxygen atoms in total. The maximum atomic E-state index is 4.98. The molecule has 1 aromatic heterocycles. The van der Waals surface area contributed by atoms with Crippen LogP contribution in [0.3, 0.4) is 0 Å². The summed E-state index contributed by atoms with van der Waals surface area (Å²) in [4.78, 5) is 6.99. The standard InChI is InChI=1S/C7H9BrN2S/c1-2-3-5-6(8)7(11)10-4-9-5/h4H,2-3H2,1H3,(H,9,10,11). The smallest absolute Gasteiger partial charge is 0.143 e. The number of nitrogens with zero attached hydrogens (tertiary/aromatic N) is 1. The molecule has 0 radical (unpaired) electrons. The number of rotatable bonds is 2. The van der Waals surface area contributed by atoms with Crippen LogP contribution in [0.2, 0.25) is 0 Å². The van der Waals surface area contributed by atoms with E-state index in [2.05, 4.69) is 32.8 Å². The van der Waals surface area contributed by atoms with Crippen LogP contribution in [-0.4, -0.2) is 9.97 Å². The van der Waals surface area contributed by atoms with Gasteiger partial charge in [0.05, 0.1) is 10.8 Å². The Morgan fingerprint density at radius 1 is 1.73 bits per heavy atom. The molecule has 1 heterocycles. The summed E-state index contributed by atoms with van der Waals surface area (Å²) in [6, 6.07) is 0. The Kier molecular flexibility index (Phi) is 3.20. The van der Waals surface area contributed by atoms with Gasteiger partial charge in [-0.2, -0.15) is 0 Å². The molecule has 0 bridgehead atoms. The van der Waals surface area contributed by atoms with Gasteiger partial charge in [-0.05, 0) is 22.4 Å². The lowest BCUT2D eigenvalue weighted by Gasteiger charge is -2.00. The highest BCUT2D eigenvalue weighted by molar-refractivity contribution is 9.10. The third kappa shape index (κ3) is 2.10. The molecule has 0 fully saturated rings. The van der Waals surface area contributed by atoms with Crippen LogP contribution >= 0.6 is 28.1 Å². The average Bonchev–Trinajstić information content (AvgIpc) is 1.99. The molecule has 4 heteroatoms. The van der Waals surface area contributed by atoms with Crippen LogP contribution < -0.4 is 0 Å². The molecule has 1 aromatic rings. The first kappa shape index (κ1) is 8.87. The summed E-state index contributed by atoms with van der Waals surface area (Å²) < 4.78 is 1.56. The lowest BCUT2D eigenvalue weighted by molar-refractivity contribution is 0.862. The summed E-state index contributed by atoms with van der Waals surface area (Å²) in [6.07, 6.45) is 3.75. The molecule has 0 aromatic carbocycles. The Labute approximate surface area is 79.2 Å². The quantitative estimate of drug-likeness (QED) is 0.795. The predicted molar refractivity (Wildman–Crippen MR) is 51.1 cm³/mol. The highest BCUT2D eigenvalue weighted by Crippen LogP contribution is 2.15. The number of aromatic nitrogens is 2. The van der Waals surface area contributed by atoms with E-state index in [4.69, 9.17) is 12.2 Å². The van der Waals surface area contributed by atoms with E-state index in [-0.39, 0.29) is 0 Å². The van der Waals surface area contributed by atoms with Crippen molar-refractivity contribution in [2.75, 3.05) is 0 Å². The zero-order chi connectivity index (χ0) is 8.27. The zero-order valence-electron chi connectivity index (χ0n) is 6.22. The van der Waals surface area contributed by atoms with Crippen molar-refractivity contribution in [3.05, 3.63) is 21.1 Å². The van der Waals surface area contributed by atoms with E-state index in [9.17, 15) is 0 Å². The molecule has 0 aliphatic rings. The van der Waals surface area contributed by atoms with Crippen LogP contribution in [0.15, 0.2) is 10.8 Å². The largest absolute Gasteiger partial charge is 0.349 e. The predicted octanol–water partition coefficient (Wildman–Crippen LogP) is 2.85.